The number of hydrogen-bond donors (Lipinski definition) is 1. The topological polar surface area (TPSA) is 48.5 Å². The maximum Gasteiger partial charge on any atom is 0.272 e. The number of amides is 1. The molecular formula is C15H22N4O. The first kappa shape index (κ1) is 13.4. The normalized spacial score (nSPS) is 19.9. The van der Waals surface area contributed by atoms with Gasteiger partial charge in [-0.2, -0.15) is 0 Å². The Balaban J connectivity index is 1.62. The molecule has 1 aromatic rings. The van der Waals surface area contributed by atoms with Gasteiger partial charge in [0.25, 0.3) is 5.91 Å². The number of aromatic nitrogens is 1. The fourth-order valence-corrected chi connectivity index (χ4v) is 2.75. The van der Waals surface area contributed by atoms with Crippen LogP contribution in [0, 0.1) is 0 Å². The molecule has 0 atom stereocenters. The largest absolute Gasteiger partial charge is 0.385 e. The summed E-state index contributed by atoms with van der Waals surface area (Å²) in [5.41, 5.74) is 1.51. The van der Waals surface area contributed by atoms with Crippen LogP contribution in [-0.2, 0) is 0 Å². The van der Waals surface area contributed by atoms with Gasteiger partial charge in [-0.05, 0) is 31.9 Å². The smallest absolute Gasteiger partial charge is 0.272 e. The van der Waals surface area contributed by atoms with Gasteiger partial charge in [0.15, 0.2) is 0 Å². The molecule has 1 aromatic heterocycles. The summed E-state index contributed by atoms with van der Waals surface area (Å²) in [7, 11) is 0. The third-order valence-corrected chi connectivity index (χ3v) is 4.02. The molecule has 1 aliphatic carbocycles. The third kappa shape index (κ3) is 2.93. The van der Waals surface area contributed by atoms with E-state index in [9.17, 15) is 4.79 Å². The van der Waals surface area contributed by atoms with Crippen molar-refractivity contribution in [3.8, 4) is 0 Å². The molecular weight excluding hydrogens is 252 g/mol. The number of piperazine rings is 1. The fourth-order valence-electron chi connectivity index (χ4n) is 2.75. The van der Waals surface area contributed by atoms with E-state index in [4.69, 9.17) is 0 Å². The first-order chi connectivity index (χ1) is 9.78. The molecule has 0 radical (unpaired) electrons. The van der Waals surface area contributed by atoms with Crippen LogP contribution in [0.4, 0.5) is 5.69 Å². The molecule has 1 N–H and O–H groups in total. The number of hydrogen-bond acceptors (Lipinski definition) is 4. The van der Waals surface area contributed by atoms with Crippen LogP contribution < -0.4 is 5.32 Å². The zero-order valence-corrected chi connectivity index (χ0v) is 12.0. The molecule has 1 amide bonds. The van der Waals surface area contributed by atoms with E-state index < -0.39 is 0 Å². The van der Waals surface area contributed by atoms with Crippen molar-refractivity contribution in [2.75, 3.05) is 38.0 Å². The standard InChI is InChI=1S/C15H22N4O/c1-2-16-12-5-6-17-14(11-12)15(20)19-9-7-18(8-10-19)13-3-4-13/h5-6,11,13H,2-4,7-10H2,1H3,(H,16,17). The maximum absolute atomic E-state index is 12.5. The van der Waals surface area contributed by atoms with Crippen LogP contribution in [0.5, 0.6) is 0 Å². The number of carbonyl (C=O) groups is 1. The van der Waals surface area contributed by atoms with Crippen molar-refractivity contribution in [2.45, 2.75) is 25.8 Å². The SMILES string of the molecule is CCNc1ccnc(C(=O)N2CCN(C3CC3)CC2)c1. The van der Waals surface area contributed by atoms with Gasteiger partial charge in [-0.1, -0.05) is 0 Å². The molecule has 2 aliphatic rings. The summed E-state index contributed by atoms with van der Waals surface area (Å²) in [5.74, 6) is 0.0557. The summed E-state index contributed by atoms with van der Waals surface area (Å²) in [6, 6.07) is 4.53. The van der Waals surface area contributed by atoms with Gasteiger partial charge in [0.05, 0.1) is 0 Å². The second-order valence-electron chi connectivity index (χ2n) is 5.52. The van der Waals surface area contributed by atoms with Gasteiger partial charge in [-0.25, -0.2) is 0 Å². The number of carbonyl (C=O) groups excluding carboxylic acids is 1. The Kier molecular flexibility index (Phi) is 3.87. The lowest BCUT2D eigenvalue weighted by Gasteiger charge is -2.34. The van der Waals surface area contributed by atoms with Gasteiger partial charge in [0, 0.05) is 50.6 Å². The predicted molar refractivity (Wildman–Crippen MR) is 78.9 cm³/mol. The van der Waals surface area contributed by atoms with Gasteiger partial charge >= 0.3 is 0 Å². The van der Waals surface area contributed by atoms with E-state index >= 15 is 0 Å². The second-order valence-corrected chi connectivity index (χ2v) is 5.52. The molecule has 0 aromatic carbocycles. The van der Waals surface area contributed by atoms with E-state index in [1.807, 2.05) is 24.0 Å². The molecule has 0 bridgehead atoms. The van der Waals surface area contributed by atoms with Crippen molar-refractivity contribution >= 4 is 11.6 Å². The summed E-state index contributed by atoms with van der Waals surface area (Å²) in [5, 5.41) is 3.22. The summed E-state index contributed by atoms with van der Waals surface area (Å²) in [4.78, 5) is 21.1. The first-order valence-corrected chi connectivity index (χ1v) is 7.51. The van der Waals surface area contributed by atoms with E-state index in [2.05, 4.69) is 15.2 Å². The lowest BCUT2D eigenvalue weighted by Crippen LogP contribution is -2.49. The number of pyridine rings is 1. The molecule has 1 saturated heterocycles. The van der Waals surface area contributed by atoms with E-state index in [1.54, 1.807) is 6.20 Å². The van der Waals surface area contributed by atoms with Crippen molar-refractivity contribution < 1.29 is 4.79 Å². The van der Waals surface area contributed by atoms with Crippen molar-refractivity contribution in [1.82, 2.24) is 14.8 Å². The Labute approximate surface area is 120 Å². The van der Waals surface area contributed by atoms with Gasteiger partial charge in [0.2, 0.25) is 0 Å². The molecule has 1 aliphatic heterocycles. The van der Waals surface area contributed by atoms with Crippen molar-refractivity contribution in [3.05, 3.63) is 24.0 Å². The predicted octanol–water partition coefficient (Wildman–Crippen LogP) is 1.43. The first-order valence-electron chi connectivity index (χ1n) is 7.51. The minimum atomic E-state index is 0.0557. The Bertz CT molecular complexity index is 479. The summed E-state index contributed by atoms with van der Waals surface area (Å²) in [6.45, 7) is 6.54. The number of nitrogens with zero attached hydrogens (tertiary/aromatic N) is 3. The lowest BCUT2D eigenvalue weighted by atomic mass is 10.2. The molecule has 20 heavy (non-hydrogen) atoms. The average molecular weight is 274 g/mol. The lowest BCUT2D eigenvalue weighted by molar-refractivity contribution is 0.0621. The van der Waals surface area contributed by atoms with Gasteiger partial charge in [0.1, 0.15) is 5.69 Å². The highest BCUT2D eigenvalue weighted by molar-refractivity contribution is 5.93. The van der Waals surface area contributed by atoms with Crippen molar-refractivity contribution in [3.63, 3.8) is 0 Å². The zero-order chi connectivity index (χ0) is 13.9. The summed E-state index contributed by atoms with van der Waals surface area (Å²) in [6.07, 6.45) is 4.37. The monoisotopic (exact) mass is 274 g/mol. The van der Waals surface area contributed by atoms with Gasteiger partial charge in [-0.15, -0.1) is 0 Å². The minimum absolute atomic E-state index is 0.0557. The maximum atomic E-state index is 12.5. The van der Waals surface area contributed by atoms with E-state index in [-0.39, 0.29) is 5.91 Å². The Hall–Kier alpha value is -1.62. The molecule has 2 heterocycles. The second kappa shape index (κ2) is 5.79. The van der Waals surface area contributed by atoms with Crippen LogP contribution in [0.1, 0.15) is 30.3 Å². The highest BCUT2D eigenvalue weighted by Gasteiger charge is 2.32. The Morgan fingerprint density at radius 2 is 2.10 bits per heavy atom. The molecule has 108 valence electrons. The van der Waals surface area contributed by atoms with Crippen molar-refractivity contribution in [1.29, 1.82) is 0 Å². The fraction of sp³-hybridized carbons (Fsp3) is 0.600. The quantitative estimate of drug-likeness (QED) is 0.902. The molecule has 5 nitrogen and oxygen atoms in total. The van der Waals surface area contributed by atoms with E-state index in [1.165, 1.54) is 12.8 Å². The zero-order valence-electron chi connectivity index (χ0n) is 12.0. The minimum Gasteiger partial charge on any atom is -0.385 e. The van der Waals surface area contributed by atoms with Crippen LogP contribution in [-0.4, -0.2) is 59.5 Å². The third-order valence-electron chi connectivity index (χ3n) is 4.02. The number of nitrogens with one attached hydrogen (secondary N) is 1. The van der Waals surface area contributed by atoms with Gasteiger partial charge in [-0.3, -0.25) is 14.7 Å². The molecule has 3 rings (SSSR count). The highest BCUT2D eigenvalue weighted by Crippen LogP contribution is 2.27. The summed E-state index contributed by atoms with van der Waals surface area (Å²) < 4.78 is 0. The van der Waals surface area contributed by atoms with Crippen LogP contribution in [0.25, 0.3) is 0 Å². The molecule has 5 heteroatoms. The van der Waals surface area contributed by atoms with Gasteiger partial charge < -0.3 is 10.2 Å². The van der Waals surface area contributed by atoms with Crippen LogP contribution >= 0.6 is 0 Å². The van der Waals surface area contributed by atoms with Crippen LogP contribution in [0.2, 0.25) is 0 Å². The molecule has 2 fully saturated rings. The Morgan fingerprint density at radius 1 is 1.35 bits per heavy atom. The molecule has 1 saturated carbocycles. The van der Waals surface area contributed by atoms with E-state index in [0.717, 1.165) is 44.5 Å². The number of rotatable bonds is 4. The Morgan fingerprint density at radius 3 is 2.75 bits per heavy atom. The van der Waals surface area contributed by atoms with Crippen LogP contribution in [0.3, 0.4) is 0 Å². The summed E-state index contributed by atoms with van der Waals surface area (Å²) >= 11 is 0. The average Bonchev–Trinajstić information content (AvgIpc) is 3.32. The van der Waals surface area contributed by atoms with Crippen LogP contribution in [0.15, 0.2) is 18.3 Å². The highest BCUT2D eigenvalue weighted by atomic mass is 16.2. The molecule has 0 spiro atoms. The van der Waals surface area contributed by atoms with E-state index in [0.29, 0.717) is 5.69 Å². The molecule has 0 unspecified atom stereocenters. The van der Waals surface area contributed by atoms with Crippen molar-refractivity contribution in [2.24, 2.45) is 0 Å². The number of anilines is 1.